The van der Waals surface area contributed by atoms with E-state index in [0.717, 1.165) is 38.5 Å². The van der Waals surface area contributed by atoms with E-state index in [0.29, 0.717) is 0 Å². The molecule has 0 heterocycles. The third-order valence-electron chi connectivity index (χ3n) is 3.56. The molecule has 0 saturated heterocycles. The Kier molecular flexibility index (Phi) is 7.79. The van der Waals surface area contributed by atoms with Crippen molar-refractivity contribution in [3.05, 3.63) is 0 Å². The van der Waals surface area contributed by atoms with Crippen LogP contribution < -0.4 is 5.32 Å². The maximum Gasteiger partial charge on any atom is 0.340 e. The lowest BCUT2D eigenvalue weighted by molar-refractivity contribution is -0.160. The first-order chi connectivity index (χ1) is 10.1. The van der Waals surface area contributed by atoms with Gasteiger partial charge in [-0.2, -0.15) is 0 Å². The highest BCUT2D eigenvalue weighted by atomic mass is 16.6. The molecule has 0 atom stereocenters. The summed E-state index contributed by atoms with van der Waals surface area (Å²) in [5.41, 5.74) is 0. The molecule has 1 aliphatic rings. The van der Waals surface area contributed by atoms with Gasteiger partial charge in [0.1, 0.15) is 0 Å². The van der Waals surface area contributed by atoms with Gasteiger partial charge in [0.15, 0.2) is 0 Å². The van der Waals surface area contributed by atoms with Crippen LogP contribution in [0.2, 0.25) is 0 Å². The summed E-state index contributed by atoms with van der Waals surface area (Å²) in [6.07, 6.45) is 5.85. The van der Waals surface area contributed by atoms with Crippen LogP contribution in [0.5, 0.6) is 0 Å². The van der Waals surface area contributed by atoms with E-state index < -0.39 is 18.0 Å². The molecule has 0 bridgehead atoms. The van der Waals surface area contributed by atoms with Crippen LogP contribution in [0.4, 0.5) is 0 Å². The van der Waals surface area contributed by atoms with Crippen LogP contribution in [0.15, 0.2) is 0 Å². The zero-order valence-electron chi connectivity index (χ0n) is 12.9. The topological polar surface area (TPSA) is 81.7 Å². The van der Waals surface area contributed by atoms with Gasteiger partial charge in [0.2, 0.25) is 11.9 Å². The van der Waals surface area contributed by atoms with Crippen molar-refractivity contribution in [2.75, 3.05) is 13.2 Å². The van der Waals surface area contributed by atoms with Gasteiger partial charge >= 0.3 is 11.9 Å². The van der Waals surface area contributed by atoms with Crippen molar-refractivity contribution in [2.45, 2.75) is 58.4 Å². The molecule has 21 heavy (non-hydrogen) atoms. The summed E-state index contributed by atoms with van der Waals surface area (Å²) >= 11 is 0. The number of hydrogen-bond acceptors (Lipinski definition) is 5. The third-order valence-corrected chi connectivity index (χ3v) is 3.56. The second-order valence-corrected chi connectivity index (χ2v) is 5.13. The summed E-state index contributed by atoms with van der Waals surface area (Å²) in [4.78, 5) is 35.9. The predicted octanol–water partition coefficient (Wildman–Crippen LogP) is 1.57. The van der Waals surface area contributed by atoms with Crippen molar-refractivity contribution in [3.63, 3.8) is 0 Å². The van der Waals surface area contributed by atoms with Crippen molar-refractivity contribution in [3.8, 4) is 0 Å². The largest absolute Gasteiger partial charge is 0.464 e. The average molecular weight is 299 g/mol. The van der Waals surface area contributed by atoms with E-state index in [9.17, 15) is 14.4 Å². The standard InChI is InChI=1S/C15H25NO5/c1-3-20-14(18)12(15(19)21-4-2)16-13(17)11-9-7-5-6-8-10-11/h11-12H,3-10H2,1-2H3,(H,16,17). The monoisotopic (exact) mass is 299 g/mol. The molecule has 0 aromatic rings. The normalized spacial score (nSPS) is 16.1. The highest BCUT2D eigenvalue weighted by Gasteiger charge is 2.33. The minimum Gasteiger partial charge on any atom is -0.464 e. The smallest absolute Gasteiger partial charge is 0.340 e. The average Bonchev–Trinajstić information content (AvgIpc) is 2.74. The maximum absolute atomic E-state index is 12.3. The number of carbonyl (C=O) groups is 3. The van der Waals surface area contributed by atoms with E-state index in [1.807, 2.05) is 0 Å². The summed E-state index contributed by atoms with van der Waals surface area (Å²) in [5, 5.41) is 2.50. The van der Waals surface area contributed by atoms with E-state index >= 15 is 0 Å². The lowest BCUT2D eigenvalue weighted by Gasteiger charge is -2.19. The summed E-state index contributed by atoms with van der Waals surface area (Å²) < 4.78 is 9.66. The fraction of sp³-hybridized carbons (Fsp3) is 0.800. The molecule has 0 unspecified atom stereocenters. The Hall–Kier alpha value is -1.59. The Morgan fingerprint density at radius 3 is 1.86 bits per heavy atom. The molecular formula is C15H25NO5. The van der Waals surface area contributed by atoms with Crippen molar-refractivity contribution >= 4 is 17.8 Å². The van der Waals surface area contributed by atoms with Gasteiger partial charge in [-0.25, -0.2) is 9.59 Å². The van der Waals surface area contributed by atoms with E-state index in [1.54, 1.807) is 13.8 Å². The van der Waals surface area contributed by atoms with Crippen molar-refractivity contribution in [2.24, 2.45) is 5.92 Å². The quantitative estimate of drug-likeness (QED) is 0.457. The van der Waals surface area contributed by atoms with E-state index in [4.69, 9.17) is 9.47 Å². The highest BCUT2D eigenvalue weighted by Crippen LogP contribution is 2.23. The van der Waals surface area contributed by atoms with Gasteiger partial charge in [0.05, 0.1) is 13.2 Å². The van der Waals surface area contributed by atoms with Crippen molar-refractivity contribution in [1.29, 1.82) is 0 Å². The Morgan fingerprint density at radius 1 is 0.952 bits per heavy atom. The Bertz CT molecular complexity index is 343. The molecule has 1 saturated carbocycles. The maximum atomic E-state index is 12.3. The minimum atomic E-state index is -1.36. The second-order valence-electron chi connectivity index (χ2n) is 5.13. The summed E-state index contributed by atoms with van der Waals surface area (Å²) in [6, 6.07) is -1.36. The van der Waals surface area contributed by atoms with E-state index in [-0.39, 0.29) is 25.0 Å². The second kappa shape index (κ2) is 9.37. The van der Waals surface area contributed by atoms with Crippen molar-refractivity contribution in [1.82, 2.24) is 5.32 Å². The van der Waals surface area contributed by atoms with E-state index in [2.05, 4.69) is 5.32 Å². The first-order valence-electron chi connectivity index (χ1n) is 7.73. The highest BCUT2D eigenvalue weighted by molar-refractivity contribution is 6.02. The Labute approximate surface area is 125 Å². The summed E-state index contributed by atoms with van der Waals surface area (Å²) in [7, 11) is 0. The van der Waals surface area contributed by atoms with Crippen LogP contribution in [0.1, 0.15) is 52.4 Å². The molecule has 6 heteroatoms. The molecule has 0 aromatic heterocycles. The van der Waals surface area contributed by atoms with Gasteiger partial charge < -0.3 is 14.8 Å². The number of rotatable bonds is 6. The van der Waals surface area contributed by atoms with Crippen LogP contribution in [0.3, 0.4) is 0 Å². The minimum absolute atomic E-state index is 0.140. The number of ether oxygens (including phenoxy) is 2. The van der Waals surface area contributed by atoms with Gasteiger partial charge in [-0.3, -0.25) is 4.79 Å². The third kappa shape index (κ3) is 5.73. The molecule has 120 valence electrons. The number of nitrogens with one attached hydrogen (secondary N) is 1. The fourth-order valence-electron chi connectivity index (χ4n) is 2.47. The first-order valence-corrected chi connectivity index (χ1v) is 7.73. The zero-order chi connectivity index (χ0) is 15.7. The molecule has 0 aromatic carbocycles. The van der Waals surface area contributed by atoms with Crippen LogP contribution in [-0.4, -0.2) is 37.1 Å². The van der Waals surface area contributed by atoms with Crippen LogP contribution >= 0.6 is 0 Å². The molecule has 1 amide bonds. The van der Waals surface area contributed by atoms with Crippen LogP contribution in [0, 0.1) is 5.92 Å². The number of hydrogen-bond donors (Lipinski definition) is 1. The van der Waals surface area contributed by atoms with Gasteiger partial charge in [-0.15, -0.1) is 0 Å². The zero-order valence-corrected chi connectivity index (χ0v) is 12.9. The lowest BCUT2D eigenvalue weighted by atomic mass is 9.99. The lowest BCUT2D eigenvalue weighted by Crippen LogP contribution is -2.50. The molecule has 6 nitrogen and oxygen atoms in total. The van der Waals surface area contributed by atoms with Gasteiger partial charge in [-0.1, -0.05) is 25.7 Å². The molecular weight excluding hydrogens is 274 g/mol. The summed E-state index contributed by atoms with van der Waals surface area (Å²) in [6.45, 7) is 3.59. The SMILES string of the molecule is CCOC(=O)C(NC(=O)C1CCCCCC1)C(=O)OCC. The van der Waals surface area contributed by atoms with E-state index in [1.165, 1.54) is 0 Å². The fourth-order valence-corrected chi connectivity index (χ4v) is 2.47. The number of carbonyl (C=O) groups excluding carboxylic acids is 3. The predicted molar refractivity (Wildman–Crippen MR) is 76.4 cm³/mol. The summed E-state index contributed by atoms with van der Waals surface area (Å²) in [5.74, 6) is -1.93. The first kappa shape index (κ1) is 17.5. The Morgan fingerprint density at radius 2 is 1.43 bits per heavy atom. The molecule has 0 aliphatic heterocycles. The molecule has 0 spiro atoms. The molecule has 1 aliphatic carbocycles. The molecule has 1 fully saturated rings. The number of esters is 2. The molecule has 0 radical (unpaired) electrons. The Balaban J connectivity index is 2.67. The van der Waals surface area contributed by atoms with Gasteiger partial charge in [-0.05, 0) is 26.7 Å². The van der Waals surface area contributed by atoms with Gasteiger partial charge in [0, 0.05) is 5.92 Å². The van der Waals surface area contributed by atoms with Crippen molar-refractivity contribution < 1.29 is 23.9 Å². The van der Waals surface area contributed by atoms with Crippen LogP contribution in [-0.2, 0) is 23.9 Å². The number of amides is 1. The molecule has 1 rings (SSSR count). The molecule has 1 N–H and O–H groups in total. The van der Waals surface area contributed by atoms with Crippen LogP contribution in [0.25, 0.3) is 0 Å². The van der Waals surface area contributed by atoms with Gasteiger partial charge in [0.25, 0.3) is 0 Å².